The molecule has 2 aromatic heterocycles. The number of aromatic nitrogens is 2. The molecule has 0 aliphatic carbocycles. The van der Waals surface area contributed by atoms with Crippen LogP contribution in [0.15, 0.2) is 60.9 Å². The summed E-state index contributed by atoms with van der Waals surface area (Å²) in [5.74, 6) is 1.24. The van der Waals surface area contributed by atoms with Crippen molar-refractivity contribution in [3.05, 3.63) is 72.3 Å². The summed E-state index contributed by atoms with van der Waals surface area (Å²) in [5, 5.41) is 3.13. The zero-order valence-corrected chi connectivity index (χ0v) is 18.4. The van der Waals surface area contributed by atoms with Crippen LogP contribution in [0, 0.1) is 5.82 Å². The van der Waals surface area contributed by atoms with E-state index < -0.39 is 6.04 Å². The van der Waals surface area contributed by atoms with E-state index in [0.29, 0.717) is 25.3 Å². The van der Waals surface area contributed by atoms with Gasteiger partial charge in [-0.05, 0) is 41.5 Å². The fraction of sp³-hybridized carbons (Fsp3) is 0.280. The van der Waals surface area contributed by atoms with Gasteiger partial charge in [-0.15, -0.1) is 0 Å². The Morgan fingerprint density at radius 2 is 1.88 bits per heavy atom. The quantitative estimate of drug-likeness (QED) is 0.561. The van der Waals surface area contributed by atoms with Gasteiger partial charge < -0.3 is 19.9 Å². The van der Waals surface area contributed by atoms with E-state index in [4.69, 9.17) is 0 Å². The Morgan fingerprint density at radius 1 is 1.06 bits per heavy atom. The first-order valence-electron chi connectivity index (χ1n) is 10.9. The monoisotopic (exact) mass is 447 g/mol. The zero-order chi connectivity index (χ0) is 23.2. The van der Waals surface area contributed by atoms with Crippen LogP contribution >= 0.6 is 0 Å². The molecule has 1 atom stereocenters. The minimum absolute atomic E-state index is 0.100. The highest BCUT2D eigenvalue weighted by Gasteiger charge is 2.19. The van der Waals surface area contributed by atoms with E-state index in [1.54, 1.807) is 31.5 Å². The van der Waals surface area contributed by atoms with Crippen LogP contribution in [0.2, 0.25) is 0 Å². The number of halogens is 1. The van der Waals surface area contributed by atoms with Crippen LogP contribution in [0.1, 0.15) is 12.5 Å². The van der Waals surface area contributed by atoms with E-state index >= 15 is 0 Å². The van der Waals surface area contributed by atoms with Crippen molar-refractivity contribution in [2.45, 2.75) is 19.4 Å². The van der Waals surface area contributed by atoms with Crippen molar-refractivity contribution in [2.24, 2.45) is 0 Å². The molecule has 0 spiro atoms. The lowest BCUT2D eigenvalue weighted by Gasteiger charge is -2.34. The average molecular weight is 448 g/mol. The van der Waals surface area contributed by atoms with Crippen molar-refractivity contribution in [1.29, 1.82) is 0 Å². The van der Waals surface area contributed by atoms with Crippen molar-refractivity contribution in [1.82, 2.24) is 14.9 Å². The largest absolute Gasteiger partial charge is 0.360 e. The van der Waals surface area contributed by atoms with Crippen LogP contribution in [0.25, 0.3) is 11.1 Å². The van der Waals surface area contributed by atoms with Gasteiger partial charge in [0.25, 0.3) is 0 Å². The topological polar surface area (TPSA) is 78.4 Å². The normalized spacial score (nSPS) is 14.6. The molecule has 1 aromatic carbocycles. The Kier molecular flexibility index (Phi) is 6.92. The predicted octanol–water partition coefficient (Wildman–Crippen LogP) is 3.17. The number of hydrogen-bond donors (Lipinski definition) is 1. The van der Waals surface area contributed by atoms with Gasteiger partial charge in [0.15, 0.2) is 0 Å². The summed E-state index contributed by atoms with van der Waals surface area (Å²) in [4.78, 5) is 36.0. The molecule has 1 saturated heterocycles. The Hall–Kier alpha value is -3.81. The van der Waals surface area contributed by atoms with Gasteiger partial charge in [0.05, 0.1) is 6.04 Å². The molecule has 1 aliphatic rings. The van der Waals surface area contributed by atoms with E-state index in [2.05, 4.69) is 20.2 Å². The molecule has 0 bridgehead atoms. The molecule has 7 nitrogen and oxygen atoms in total. The summed E-state index contributed by atoms with van der Waals surface area (Å²) in [6, 6.07) is 13.4. The highest BCUT2D eigenvalue weighted by atomic mass is 19.1. The van der Waals surface area contributed by atoms with Crippen molar-refractivity contribution in [2.75, 3.05) is 36.4 Å². The summed E-state index contributed by atoms with van der Waals surface area (Å²) < 4.78 is 13.4. The second-order valence-corrected chi connectivity index (χ2v) is 8.05. The first-order valence-corrected chi connectivity index (χ1v) is 10.9. The molecule has 3 heterocycles. The summed E-state index contributed by atoms with van der Waals surface area (Å²) in [5.41, 5.74) is 2.48. The molecule has 170 valence electrons. The third-order valence-electron chi connectivity index (χ3n) is 5.73. The van der Waals surface area contributed by atoms with Crippen LogP contribution in [-0.2, 0) is 16.0 Å². The number of nitrogens with zero attached hydrogens (tertiary/aromatic N) is 4. The minimum atomic E-state index is -0.454. The highest BCUT2D eigenvalue weighted by Crippen LogP contribution is 2.21. The molecule has 33 heavy (non-hydrogen) atoms. The van der Waals surface area contributed by atoms with Gasteiger partial charge in [-0.1, -0.05) is 18.2 Å². The van der Waals surface area contributed by atoms with Crippen LogP contribution in [-0.4, -0.2) is 59.3 Å². The predicted molar refractivity (Wildman–Crippen MR) is 126 cm³/mol. The number of amides is 1. The summed E-state index contributed by atoms with van der Waals surface area (Å²) >= 11 is 0. The number of carbonyl (C=O) groups excluding carboxylic acids is 2. The van der Waals surface area contributed by atoms with Crippen molar-refractivity contribution in [3.63, 3.8) is 0 Å². The van der Waals surface area contributed by atoms with Gasteiger partial charge >= 0.3 is 0 Å². The standard InChI is InChI=1S/C25H26FN5O2/c1-18(33)30-9-11-31(12-10-30)25-8-5-19(15-28-25)13-23(17-32)29-24-7-6-21(16-27-24)20-3-2-4-22(26)14-20/h2-8,14-17,23H,9-13H2,1H3,(H,27,29). The number of aldehydes is 1. The van der Waals surface area contributed by atoms with Crippen LogP contribution in [0.3, 0.4) is 0 Å². The summed E-state index contributed by atoms with van der Waals surface area (Å²) in [7, 11) is 0. The van der Waals surface area contributed by atoms with Crippen LogP contribution < -0.4 is 10.2 Å². The van der Waals surface area contributed by atoms with Gasteiger partial charge in [0.1, 0.15) is 23.7 Å². The highest BCUT2D eigenvalue weighted by molar-refractivity contribution is 5.73. The van der Waals surface area contributed by atoms with E-state index in [0.717, 1.165) is 41.9 Å². The number of anilines is 2. The van der Waals surface area contributed by atoms with Crippen LogP contribution in [0.5, 0.6) is 0 Å². The molecule has 0 radical (unpaired) electrons. The Morgan fingerprint density at radius 3 is 2.48 bits per heavy atom. The van der Waals surface area contributed by atoms with E-state index in [1.807, 2.05) is 29.2 Å². The maximum atomic E-state index is 13.4. The molecule has 1 amide bonds. The third-order valence-corrected chi connectivity index (χ3v) is 5.73. The second-order valence-electron chi connectivity index (χ2n) is 8.05. The zero-order valence-electron chi connectivity index (χ0n) is 18.4. The average Bonchev–Trinajstić information content (AvgIpc) is 2.84. The van der Waals surface area contributed by atoms with Gasteiger partial charge in [0, 0.05) is 57.5 Å². The molecule has 3 aromatic rings. The minimum Gasteiger partial charge on any atom is -0.360 e. The molecule has 8 heteroatoms. The molecule has 1 unspecified atom stereocenters. The number of nitrogens with one attached hydrogen (secondary N) is 1. The maximum Gasteiger partial charge on any atom is 0.219 e. The lowest BCUT2D eigenvalue weighted by molar-refractivity contribution is -0.129. The van der Waals surface area contributed by atoms with Gasteiger partial charge in [0.2, 0.25) is 5.91 Å². The Labute approximate surface area is 192 Å². The fourth-order valence-corrected chi connectivity index (χ4v) is 3.87. The fourth-order valence-electron chi connectivity index (χ4n) is 3.87. The first-order chi connectivity index (χ1) is 16.0. The Bertz CT molecular complexity index is 1100. The smallest absolute Gasteiger partial charge is 0.219 e. The van der Waals surface area contributed by atoms with E-state index in [-0.39, 0.29) is 11.7 Å². The number of piperazine rings is 1. The first kappa shape index (κ1) is 22.4. The molecular formula is C25H26FN5O2. The van der Waals surface area contributed by atoms with Gasteiger partial charge in [-0.25, -0.2) is 14.4 Å². The Balaban J connectivity index is 1.34. The summed E-state index contributed by atoms with van der Waals surface area (Å²) in [6.45, 7) is 4.49. The molecular weight excluding hydrogens is 421 g/mol. The van der Waals surface area contributed by atoms with Crippen LogP contribution in [0.4, 0.5) is 16.0 Å². The van der Waals surface area contributed by atoms with Crippen molar-refractivity contribution < 1.29 is 14.0 Å². The molecule has 1 N–H and O–H groups in total. The number of hydrogen-bond acceptors (Lipinski definition) is 6. The summed E-state index contributed by atoms with van der Waals surface area (Å²) in [6.07, 6.45) is 4.77. The van der Waals surface area contributed by atoms with Gasteiger partial charge in [-0.3, -0.25) is 4.79 Å². The SMILES string of the molecule is CC(=O)N1CCN(c2ccc(CC(C=O)Nc3ccc(-c4cccc(F)c4)cn3)cn2)CC1. The second kappa shape index (κ2) is 10.2. The number of rotatable bonds is 7. The van der Waals surface area contributed by atoms with E-state index in [9.17, 15) is 14.0 Å². The van der Waals surface area contributed by atoms with E-state index in [1.165, 1.54) is 12.1 Å². The number of carbonyl (C=O) groups is 2. The molecule has 4 rings (SSSR count). The number of pyridine rings is 2. The van der Waals surface area contributed by atoms with Crippen molar-refractivity contribution >= 4 is 23.8 Å². The lowest BCUT2D eigenvalue weighted by Crippen LogP contribution is -2.48. The molecule has 1 aliphatic heterocycles. The molecule has 1 fully saturated rings. The van der Waals surface area contributed by atoms with Crippen molar-refractivity contribution in [3.8, 4) is 11.1 Å². The lowest BCUT2D eigenvalue weighted by atomic mass is 10.1. The van der Waals surface area contributed by atoms with Gasteiger partial charge in [-0.2, -0.15) is 0 Å². The third kappa shape index (κ3) is 5.71. The maximum absolute atomic E-state index is 13.4. The number of benzene rings is 1. The molecule has 0 saturated carbocycles.